The SMILES string of the molecule is O=C(c1ncccc1Cl)N(CC1CC1)C1CCC1c1ccc(Cl)cc1Cl. The number of hydrogen-bond donors (Lipinski definition) is 0. The molecule has 0 saturated heterocycles. The van der Waals surface area contributed by atoms with Crippen LogP contribution in [-0.2, 0) is 0 Å². The molecular formula is C20H19Cl3N2O. The van der Waals surface area contributed by atoms with Crippen LogP contribution < -0.4 is 0 Å². The first-order chi connectivity index (χ1) is 12.5. The fraction of sp³-hybridized carbons (Fsp3) is 0.400. The highest BCUT2D eigenvalue weighted by molar-refractivity contribution is 6.35. The number of carbonyl (C=O) groups is 1. The highest BCUT2D eigenvalue weighted by atomic mass is 35.5. The highest BCUT2D eigenvalue weighted by Crippen LogP contribution is 2.45. The van der Waals surface area contributed by atoms with Gasteiger partial charge in [0.15, 0.2) is 0 Å². The maximum absolute atomic E-state index is 13.2. The minimum absolute atomic E-state index is 0.0812. The second-order valence-corrected chi connectivity index (χ2v) is 8.40. The third-order valence-electron chi connectivity index (χ3n) is 5.37. The van der Waals surface area contributed by atoms with Crippen LogP contribution in [0.5, 0.6) is 0 Å². The molecule has 3 nitrogen and oxygen atoms in total. The second kappa shape index (κ2) is 7.38. The van der Waals surface area contributed by atoms with Gasteiger partial charge >= 0.3 is 0 Å². The van der Waals surface area contributed by atoms with Gasteiger partial charge in [-0.05, 0) is 61.4 Å². The number of amides is 1. The summed E-state index contributed by atoms with van der Waals surface area (Å²) in [4.78, 5) is 19.4. The predicted molar refractivity (Wildman–Crippen MR) is 105 cm³/mol. The average molecular weight is 410 g/mol. The van der Waals surface area contributed by atoms with Crippen LogP contribution in [0, 0.1) is 5.92 Å². The summed E-state index contributed by atoms with van der Waals surface area (Å²) in [6.07, 6.45) is 5.95. The number of benzene rings is 1. The van der Waals surface area contributed by atoms with Gasteiger partial charge in [0.2, 0.25) is 0 Å². The molecule has 1 aromatic carbocycles. The number of halogens is 3. The van der Waals surface area contributed by atoms with Gasteiger partial charge < -0.3 is 4.90 Å². The van der Waals surface area contributed by atoms with Gasteiger partial charge in [0.1, 0.15) is 5.69 Å². The molecule has 2 aliphatic rings. The molecule has 0 bridgehead atoms. The molecule has 0 aliphatic heterocycles. The predicted octanol–water partition coefficient (Wildman–Crippen LogP) is 5.84. The number of pyridine rings is 1. The lowest BCUT2D eigenvalue weighted by molar-refractivity contribution is 0.0501. The van der Waals surface area contributed by atoms with E-state index in [4.69, 9.17) is 34.8 Å². The maximum Gasteiger partial charge on any atom is 0.274 e. The summed E-state index contributed by atoms with van der Waals surface area (Å²) in [5.74, 6) is 0.732. The molecule has 2 unspecified atom stereocenters. The molecular weight excluding hydrogens is 391 g/mol. The summed E-state index contributed by atoms with van der Waals surface area (Å²) >= 11 is 18.7. The monoisotopic (exact) mass is 408 g/mol. The largest absolute Gasteiger partial charge is 0.333 e. The van der Waals surface area contributed by atoms with E-state index in [1.807, 2.05) is 17.0 Å². The summed E-state index contributed by atoms with van der Waals surface area (Å²) in [6, 6.07) is 9.20. The van der Waals surface area contributed by atoms with E-state index in [0.717, 1.165) is 24.9 Å². The van der Waals surface area contributed by atoms with Crippen molar-refractivity contribution in [2.24, 2.45) is 5.92 Å². The summed E-state index contributed by atoms with van der Waals surface area (Å²) < 4.78 is 0. The van der Waals surface area contributed by atoms with E-state index in [2.05, 4.69) is 4.98 Å². The van der Waals surface area contributed by atoms with Crippen molar-refractivity contribution in [3.8, 4) is 0 Å². The number of aromatic nitrogens is 1. The van der Waals surface area contributed by atoms with Crippen molar-refractivity contribution >= 4 is 40.7 Å². The zero-order chi connectivity index (χ0) is 18.3. The lowest BCUT2D eigenvalue weighted by Gasteiger charge is -2.45. The zero-order valence-corrected chi connectivity index (χ0v) is 16.4. The second-order valence-electron chi connectivity index (χ2n) is 7.15. The Balaban J connectivity index is 1.62. The van der Waals surface area contributed by atoms with Gasteiger partial charge in [0.05, 0.1) is 5.02 Å². The van der Waals surface area contributed by atoms with Crippen molar-refractivity contribution < 1.29 is 4.79 Å². The van der Waals surface area contributed by atoms with E-state index >= 15 is 0 Å². The maximum atomic E-state index is 13.2. The highest BCUT2D eigenvalue weighted by Gasteiger charge is 2.42. The Morgan fingerprint density at radius 3 is 2.50 bits per heavy atom. The summed E-state index contributed by atoms with van der Waals surface area (Å²) in [5, 5.41) is 1.70. The van der Waals surface area contributed by atoms with Crippen LogP contribution in [0.1, 0.15) is 47.7 Å². The normalized spacial score (nSPS) is 22.0. The molecule has 0 radical (unpaired) electrons. The summed E-state index contributed by atoms with van der Waals surface area (Å²) in [7, 11) is 0. The van der Waals surface area contributed by atoms with Gasteiger partial charge in [-0.2, -0.15) is 0 Å². The molecule has 2 aliphatic carbocycles. The molecule has 2 aromatic rings. The smallest absolute Gasteiger partial charge is 0.274 e. The Kier molecular flexibility index (Phi) is 5.13. The van der Waals surface area contributed by atoms with Crippen LogP contribution in [0.25, 0.3) is 0 Å². The molecule has 2 saturated carbocycles. The first-order valence-corrected chi connectivity index (χ1v) is 10.0. The quantitative estimate of drug-likeness (QED) is 0.621. The van der Waals surface area contributed by atoms with Crippen molar-refractivity contribution in [3.05, 3.63) is 62.9 Å². The van der Waals surface area contributed by atoms with Crippen molar-refractivity contribution in [2.75, 3.05) is 6.54 Å². The first kappa shape index (κ1) is 18.1. The topological polar surface area (TPSA) is 33.2 Å². The van der Waals surface area contributed by atoms with Gasteiger partial charge in [0.25, 0.3) is 5.91 Å². The van der Waals surface area contributed by atoms with Gasteiger partial charge in [-0.25, -0.2) is 4.98 Å². The van der Waals surface area contributed by atoms with Crippen LogP contribution in [0.2, 0.25) is 15.1 Å². The summed E-state index contributed by atoms with van der Waals surface area (Å²) in [6.45, 7) is 0.762. The molecule has 1 amide bonds. The Labute approximate surface area is 168 Å². The van der Waals surface area contributed by atoms with E-state index in [1.54, 1.807) is 24.4 Å². The molecule has 2 fully saturated rings. The Bertz CT molecular complexity index is 838. The van der Waals surface area contributed by atoms with Crippen LogP contribution >= 0.6 is 34.8 Å². The molecule has 1 heterocycles. The number of carbonyl (C=O) groups excluding carboxylic acids is 1. The first-order valence-electron chi connectivity index (χ1n) is 8.91. The number of rotatable bonds is 5. The van der Waals surface area contributed by atoms with Crippen LogP contribution in [0.3, 0.4) is 0 Å². The molecule has 136 valence electrons. The van der Waals surface area contributed by atoms with E-state index in [9.17, 15) is 4.79 Å². The Hall–Kier alpha value is -1.29. The standard InChI is InChI=1S/C20H19Cl3N2O/c21-13-5-6-14(17(23)10-13)15-7-8-18(15)25(11-12-3-4-12)20(26)19-16(22)2-1-9-24-19/h1-2,5-6,9-10,12,15,18H,3-4,7-8,11H2. The Morgan fingerprint density at radius 1 is 1.08 bits per heavy atom. The fourth-order valence-corrected chi connectivity index (χ4v) is 4.40. The number of nitrogens with zero attached hydrogens (tertiary/aromatic N) is 2. The summed E-state index contributed by atoms with van der Waals surface area (Å²) in [5.41, 5.74) is 1.40. The molecule has 6 heteroatoms. The fourth-order valence-electron chi connectivity index (χ4n) is 3.65. The molecule has 26 heavy (non-hydrogen) atoms. The van der Waals surface area contributed by atoms with Gasteiger partial charge in [-0.15, -0.1) is 0 Å². The Morgan fingerprint density at radius 2 is 1.88 bits per heavy atom. The molecule has 0 spiro atoms. The lowest BCUT2D eigenvalue weighted by Crippen LogP contribution is -2.50. The van der Waals surface area contributed by atoms with E-state index < -0.39 is 0 Å². The van der Waals surface area contributed by atoms with Crippen molar-refractivity contribution in [1.29, 1.82) is 0 Å². The van der Waals surface area contributed by atoms with E-state index in [1.165, 1.54) is 12.8 Å². The molecule has 1 aromatic heterocycles. The third kappa shape index (κ3) is 3.58. The van der Waals surface area contributed by atoms with Crippen LogP contribution in [0.15, 0.2) is 36.5 Å². The minimum atomic E-state index is -0.0812. The molecule has 2 atom stereocenters. The van der Waals surface area contributed by atoms with Crippen LogP contribution in [0.4, 0.5) is 0 Å². The van der Waals surface area contributed by atoms with Gasteiger partial charge in [0, 0.05) is 34.7 Å². The van der Waals surface area contributed by atoms with Crippen molar-refractivity contribution in [2.45, 2.75) is 37.6 Å². The molecule has 0 N–H and O–H groups in total. The van der Waals surface area contributed by atoms with E-state index in [0.29, 0.717) is 26.7 Å². The number of hydrogen-bond acceptors (Lipinski definition) is 2. The van der Waals surface area contributed by atoms with Gasteiger partial charge in [-0.3, -0.25) is 4.79 Å². The van der Waals surface area contributed by atoms with E-state index in [-0.39, 0.29) is 17.9 Å². The van der Waals surface area contributed by atoms with Crippen molar-refractivity contribution in [1.82, 2.24) is 9.88 Å². The average Bonchev–Trinajstić information content (AvgIpc) is 3.39. The zero-order valence-electron chi connectivity index (χ0n) is 14.2. The third-order valence-corrected chi connectivity index (χ3v) is 6.24. The minimum Gasteiger partial charge on any atom is -0.333 e. The van der Waals surface area contributed by atoms with Crippen LogP contribution in [-0.4, -0.2) is 28.4 Å². The lowest BCUT2D eigenvalue weighted by atomic mass is 9.74. The molecule has 4 rings (SSSR count). The van der Waals surface area contributed by atoms with Crippen molar-refractivity contribution in [3.63, 3.8) is 0 Å². The van der Waals surface area contributed by atoms with Gasteiger partial charge in [-0.1, -0.05) is 40.9 Å².